The first-order chi connectivity index (χ1) is 7.72. The summed E-state index contributed by atoms with van der Waals surface area (Å²) in [5.74, 6) is 0.625. The van der Waals surface area contributed by atoms with Gasteiger partial charge in [-0.15, -0.1) is 0 Å². The molecule has 1 aromatic heterocycles. The van der Waals surface area contributed by atoms with Crippen LogP contribution in [0.3, 0.4) is 0 Å². The van der Waals surface area contributed by atoms with Crippen molar-refractivity contribution in [3.63, 3.8) is 0 Å². The van der Waals surface area contributed by atoms with Gasteiger partial charge in [-0.25, -0.2) is 4.98 Å². The van der Waals surface area contributed by atoms with Crippen LogP contribution in [0.1, 0.15) is 43.4 Å². The van der Waals surface area contributed by atoms with Gasteiger partial charge in [-0.1, -0.05) is 13.3 Å². The molecule has 16 heavy (non-hydrogen) atoms. The van der Waals surface area contributed by atoms with Crippen LogP contribution in [-0.2, 0) is 0 Å². The fourth-order valence-electron chi connectivity index (χ4n) is 2.66. The molecule has 0 saturated carbocycles. The van der Waals surface area contributed by atoms with Crippen molar-refractivity contribution in [3.8, 4) is 0 Å². The molecular formula is C13H21N3. The number of hydrogen-bond acceptors (Lipinski definition) is 3. The Morgan fingerprint density at radius 1 is 1.50 bits per heavy atom. The van der Waals surface area contributed by atoms with E-state index in [1.165, 1.54) is 36.9 Å². The van der Waals surface area contributed by atoms with Crippen molar-refractivity contribution in [3.05, 3.63) is 23.4 Å². The highest BCUT2D eigenvalue weighted by Crippen LogP contribution is 2.32. The van der Waals surface area contributed by atoms with Crippen LogP contribution in [-0.4, -0.2) is 23.0 Å². The number of aromatic nitrogens is 1. The maximum Gasteiger partial charge on any atom is 0.123 e. The molecule has 88 valence electrons. The van der Waals surface area contributed by atoms with Gasteiger partial charge < -0.3 is 5.73 Å². The molecule has 0 aromatic carbocycles. The standard InChI is InChI=1S/C13H21N3/c1-3-16-7-5-4-6-12(16)11-9-15-13(14)8-10(11)2/h8-9,12H,3-7H2,1-2H3,(H2,14,15). The van der Waals surface area contributed by atoms with E-state index in [4.69, 9.17) is 5.73 Å². The normalized spacial score (nSPS) is 22.2. The van der Waals surface area contributed by atoms with E-state index in [9.17, 15) is 0 Å². The summed E-state index contributed by atoms with van der Waals surface area (Å²) >= 11 is 0. The third-order valence-corrected chi connectivity index (χ3v) is 3.55. The predicted molar refractivity (Wildman–Crippen MR) is 67.2 cm³/mol. The molecule has 1 aromatic rings. The number of hydrogen-bond donors (Lipinski definition) is 1. The molecule has 0 bridgehead atoms. The molecular weight excluding hydrogens is 198 g/mol. The molecule has 0 spiro atoms. The van der Waals surface area contributed by atoms with Crippen LogP contribution in [0, 0.1) is 6.92 Å². The second-order valence-corrected chi connectivity index (χ2v) is 4.61. The molecule has 1 aliphatic heterocycles. The van der Waals surface area contributed by atoms with Crippen LogP contribution >= 0.6 is 0 Å². The molecule has 2 N–H and O–H groups in total. The smallest absolute Gasteiger partial charge is 0.123 e. The fraction of sp³-hybridized carbons (Fsp3) is 0.615. The van der Waals surface area contributed by atoms with E-state index >= 15 is 0 Å². The van der Waals surface area contributed by atoms with E-state index in [-0.39, 0.29) is 0 Å². The highest BCUT2D eigenvalue weighted by atomic mass is 15.2. The van der Waals surface area contributed by atoms with Gasteiger partial charge in [0.15, 0.2) is 0 Å². The second kappa shape index (κ2) is 4.83. The van der Waals surface area contributed by atoms with Crippen molar-refractivity contribution in [1.29, 1.82) is 0 Å². The molecule has 1 atom stereocenters. The number of likely N-dealkylation sites (tertiary alicyclic amines) is 1. The summed E-state index contributed by atoms with van der Waals surface area (Å²) in [7, 11) is 0. The monoisotopic (exact) mass is 219 g/mol. The largest absolute Gasteiger partial charge is 0.384 e. The van der Waals surface area contributed by atoms with E-state index in [1.807, 2.05) is 12.3 Å². The van der Waals surface area contributed by atoms with E-state index in [2.05, 4.69) is 23.7 Å². The van der Waals surface area contributed by atoms with Gasteiger partial charge >= 0.3 is 0 Å². The number of piperidine rings is 1. The minimum atomic E-state index is 0.548. The number of aryl methyl sites for hydroxylation is 1. The lowest BCUT2D eigenvalue weighted by molar-refractivity contribution is 0.156. The minimum absolute atomic E-state index is 0.548. The third-order valence-electron chi connectivity index (χ3n) is 3.55. The van der Waals surface area contributed by atoms with Gasteiger partial charge in [0.05, 0.1) is 0 Å². The summed E-state index contributed by atoms with van der Waals surface area (Å²) in [5, 5.41) is 0. The molecule has 0 aliphatic carbocycles. The van der Waals surface area contributed by atoms with Crippen molar-refractivity contribution >= 4 is 5.82 Å². The lowest BCUT2D eigenvalue weighted by Crippen LogP contribution is -2.33. The first kappa shape index (κ1) is 11.4. The van der Waals surface area contributed by atoms with Gasteiger partial charge in [0, 0.05) is 12.2 Å². The molecule has 0 amide bonds. The van der Waals surface area contributed by atoms with Gasteiger partial charge in [-0.05, 0) is 50.0 Å². The fourth-order valence-corrected chi connectivity index (χ4v) is 2.66. The summed E-state index contributed by atoms with van der Waals surface area (Å²) in [6.45, 7) is 6.70. The van der Waals surface area contributed by atoms with Gasteiger partial charge in [0.25, 0.3) is 0 Å². The van der Waals surface area contributed by atoms with E-state index in [0.717, 1.165) is 6.54 Å². The average molecular weight is 219 g/mol. The van der Waals surface area contributed by atoms with E-state index in [1.54, 1.807) is 0 Å². The minimum Gasteiger partial charge on any atom is -0.384 e. The van der Waals surface area contributed by atoms with E-state index < -0.39 is 0 Å². The Kier molecular flexibility index (Phi) is 3.44. The van der Waals surface area contributed by atoms with Gasteiger partial charge in [0.1, 0.15) is 5.82 Å². The van der Waals surface area contributed by atoms with Crippen LogP contribution in [0.2, 0.25) is 0 Å². The van der Waals surface area contributed by atoms with Crippen LogP contribution in [0.25, 0.3) is 0 Å². The number of rotatable bonds is 2. The molecule has 1 aliphatic rings. The van der Waals surface area contributed by atoms with Crippen LogP contribution in [0.4, 0.5) is 5.82 Å². The zero-order valence-corrected chi connectivity index (χ0v) is 10.2. The second-order valence-electron chi connectivity index (χ2n) is 4.61. The van der Waals surface area contributed by atoms with Crippen molar-refractivity contribution in [2.24, 2.45) is 0 Å². The highest BCUT2D eigenvalue weighted by molar-refractivity contribution is 5.37. The maximum absolute atomic E-state index is 5.70. The number of nitrogens with zero attached hydrogens (tertiary/aromatic N) is 2. The number of anilines is 1. The van der Waals surface area contributed by atoms with Crippen molar-refractivity contribution in [2.75, 3.05) is 18.8 Å². The van der Waals surface area contributed by atoms with Gasteiger partial charge in [-0.3, -0.25) is 4.90 Å². The van der Waals surface area contributed by atoms with E-state index in [0.29, 0.717) is 11.9 Å². The molecule has 1 saturated heterocycles. The molecule has 2 rings (SSSR count). The summed E-state index contributed by atoms with van der Waals surface area (Å²) in [5.41, 5.74) is 8.33. The summed E-state index contributed by atoms with van der Waals surface area (Å²) in [6, 6.07) is 2.53. The lowest BCUT2D eigenvalue weighted by atomic mass is 9.93. The lowest BCUT2D eigenvalue weighted by Gasteiger charge is -2.35. The maximum atomic E-state index is 5.70. The Morgan fingerprint density at radius 2 is 2.31 bits per heavy atom. The van der Waals surface area contributed by atoms with Crippen molar-refractivity contribution < 1.29 is 0 Å². The molecule has 1 fully saturated rings. The average Bonchev–Trinajstić information content (AvgIpc) is 2.29. The number of nitrogens with two attached hydrogens (primary N) is 1. The van der Waals surface area contributed by atoms with Crippen LogP contribution in [0.15, 0.2) is 12.3 Å². The highest BCUT2D eigenvalue weighted by Gasteiger charge is 2.23. The Labute approximate surface area is 97.7 Å². The Balaban J connectivity index is 2.27. The zero-order chi connectivity index (χ0) is 11.5. The topological polar surface area (TPSA) is 42.2 Å². The Hall–Kier alpha value is -1.09. The van der Waals surface area contributed by atoms with Gasteiger partial charge in [-0.2, -0.15) is 0 Å². The SMILES string of the molecule is CCN1CCCCC1c1cnc(N)cc1C. The molecule has 3 nitrogen and oxygen atoms in total. The van der Waals surface area contributed by atoms with Crippen molar-refractivity contribution in [1.82, 2.24) is 9.88 Å². The first-order valence-corrected chi connectivity index (χ1v) is 6.18. The molecule has 2 heterocycles. The molecule has 0 radical (unpaired) electrons. The molecule has 1 unspecified atom stereocenters. The Morgan fingerprint density at radius 3 is 3.00 bits per heavy atom. The zero-order valence-electron chi connectivity index (χ0n) is 10.2. The quantitative estimate of drug-likeness (QED) is 0.831. The summed E-state index contributed by atoms with van der Waals surface area (Å²) < 4.78 is 0. The molecule has 3 heteroatoms. The third kappa shape index (κ3) is 2.19. The van der Waals surface area contributed by atoms with Gasteiger partial charge in [0.2, 0.25) is 0 Å². The summed E-state index contributed by atoms with van der Waals surface area (Å²) in [6.07, 6.45) is 5.86. The first-order valence-electron chi connectivity index (χ1n) is 6.18. The Bertz CT molecular complexity index is 362. The van der Waals surface area contributed by atoms with Crippen molar-refractivity contribution in [2.45, 2.75) is 39.2 Å². The number of pyridine rings is 1. The van der Waals surface area contributed by atoms with Crippen LogP contribution in [0.5, 0.6) is 0 Å². The predicted octanol–water partition coefficient (Wildman–Crippen LogP) is 2.52. The van der Waals surface area contributed by atoms with Crippen LogP contribution < -0.4 is 5.73 Å². The summed E-state index contributed by atoms with van der Waals surface area (Å²) in [4.78, 5) is 6.78. The number of nitrogen functional groups attached to an aromatic ring is 1.